The number of imidazole rings is 1. The summed E-state index contributed by atoms with van der Waals surface area (Å²) in [5.74, 6) is 0.158. The second kappa shape index (κ2) is 10.9. The van der Waals surface area contributed by atoms with Gasteiger partial charge in [0.15, 0.2) is 25.5 Å². The number of aryl methyl sites for hydroxylation is 1. The van der Waals surface area contributed by atoms with Crippen molar-refractivity contribution in [1.82, 2.24) is 9.38 Å². The Bertz CT molecular complexity index is 1380. The van der Waals surface area contributed by atoms with Crippen molar-refractivity contribution in [3.8, 4) is 5.75 Å². The molecular weight excluding hydrogens is 503 g/mol. The van der Waals surface area contributed by atoms with Crippen LogP contribution < -0.4 is 4.74 Å². The lowest BCUT2D eigenvalue weighted by Crippen LogP contribution is -2.41. The van der Waals surface area contributed by atoms with Gasteiger partial charge in [0.25, 0.3) is 0 Å². The van der Waals surface area contributed by atoms with Crippen LogP contribution in [0, 0.1) is 12.7 Å². The van der Waals surface area contributed by atoms with Gasteiger partial charge < -0.3 is 9.16 Å². The van der Waals surface area contributed by atoms with Crippen LogP contribution in [-0.2, 0) is 11.0 Å². The molecule has 0 fully saturated rings. The minimum atomic E-state index is -1.99. The van der Waals surface area contributed by atoms with Crippen LogP contribution in [-0.4, -0.2) is 30.1 Å². The maximum absolute atomic E-state index is 13.9. The SMILES string of the molecule is Cc1nc2c(OCc3sccc3F)cccn2c1C(=O)C[C@@H](CO[Si](C)(C)C(C)(C)C)c1ccccc1. The third kappa shape index (κ3) is 6.03. The van der Waals surface area contributed by atoms with Crippen molar-refractivity contribution in [3.63, 3.8) is 0 Å². The first kappa shape index (κ1) is 27.2. The molecule has 0 saturated heterocycles. The summed E-state index contributed by atoms with van der Waals surface area (Å²) >= 11 is 1.31. The van der Waals surface area contributed by atoms with E-state index >= 15 is 0 Å². The summed E-state index contributed by atoms with van der Waals surface area (Å²) in [6.07, 6.45) is 2.13. The molecular formula is C29H35FN2O3SSi. The van der Waals surface area contributed by atoms with Gasteiger partial charge in [-0.25, -0.2) is 9.37 Å². The number of rotatable bonds is 10. The summed E-state index contributed by atoms with van der Waals surface area (Å²) in [7, 11) is -1.99. The molecule has 0 unspecified atom stereocenters. The van der Waals surface area contributed by atoms with Crippen molar-refractivity contribution in [2.24, 2.45) is 0 Å². The van der Waals surface area contributed by atoms with Crippen LogP contribution in [0.5, 0.6) is 5.75 Å². The zero-order valence-corrected chi connectivity index (χ0v) is 24.2. The lowest BCUT2D eigenvalue weighted by atomic mass is 9.93. The predicted octanol–water partition coefficient (Wildman–Crippen LogP) is 7.80. The second-order valence-corrected chi connectivity index (χ2v) is 16.7. The molecule has 196 valence electrons. The van der Waals surface area contributed by atoms with Crippen molar-refractivity contribution in [2.75, 3.05) is 6.61 Å². The van der Waals surface area contributed by atoms with E-state index in [-0.39, 0.29) is 29.2 Å². The molecule has 0 bridgehead atoms. The Morgan fingerprint density at radius 2 is 1.86 bits per heavy atom. The highest BCUT2D eigenvalue weighted by Gasteiger charge is 2.38. The van der Waals surface area contributed by atoms with Crippen molar-refractivity contribution >= 4 is 31.1 Å². The summed E-state index contributed by atoms with van der Waals surface area (Å²) in [6, 6.07) is 15.1. The highest BCUT2D eigenvalue weighted by molar-refractivity contribution is 7.09. The third-order valence-electron chi connectivity index (χ3n) is 7.26. The summed E-state index contributed by atoms with van der Waals surface area (Å²) < 4.78 is 28.1. The number of Topliss-reactive ketones (excluding diaryl/α,β-unsaturated/α-hetero) is 1. The highest BCUT2D eigenvalue weighted by Crippen LogP contribution is 2.38. The topological polar surface area (TPSA) is 52.8 Å². The smallest absolute Gasteiger partial charge is 0.192 e. The summed E-state index contributed by atoms with van der Waals surface area (Å²) in [5, 5.41) is 1.78. The Morgan fingerprint density at radius 1 is 1.14 bits per heavy atom. The molecule has 0 amide bonds. The van der Waals surface area contributed by atoms with E-state index in [1.54, 1.807) is 15.8 Å². The molecule has 3 aromatic heterocycles. The van der Waals surface area contributed by atoms with E-state index in [9.17, 15) is 9.18 Å². The van der Waals surface area contributed by atoms with E-state index in [2.05, 4.69) is 51.0 Å². The molecule has 4 aromatic rings. The molecule has 4 rings (SSSR count). The summed E-state index contributed by atoms with van der Waals surface area (Å²) in [6.45, 7) is 13.6. The van der Waals surface area contributed by atoms with Crippen LogP contribution in [0.1, 0.15) is 59.7 Å². The zero-order chi connectivity index (χ0) is 26.8. The van der Waals surface area contributed by atoms with Crippen LogP contribution in [0.3, 0.4) is 0 Å². The van der Waals surface area contributed by atoms with Crippen LogP contribution in [0.4, 0.5) is 4.39 Å². The molecule has 5 nitrogen and oxygen atoms in total. The average Bonchev–Trinajstić information content (AvgIpc) is 3.41. The first-order valence-electron chi connectivity index (χ1n) is 12.5. The van der Waals surface area contributed by atoms with E-state index < -0.39 is 8.32 Å². The van der Waals surface area contributed by atoms with Gasteiger partial charge in [-0.3, -0.25) is 9.20 Å². The number of benzene rings is 1. The van der Waals surface area contributed by atoms with Gasteiger partial charge in [-0.15, -0.1) is 11.3 Å². The van der Waals surface area contributed by atoms with E-state index in [0.717, 1.165) is 5.56 Å². The Hall–Kier alpha value is -2.81. The molecule has 3 heterocycles. The normalized spacial score (nSPS) is 13.2. The van der Waals surface area contributed by atoms with E-state index in [1.165, 1.54) is 17.4 Å². The quantitative estimate of drug-likeness (QED) is 0.153. The first-order valence-corrected chi connectivity index (χ1v) is 16.3. The van der Waals surface area contributed by atoms with Gasteiger partial charge in [0, 0.05) is 25.1 Å². The Balaban J connectivity index is 1.59. The van der Waals surface area contributed by atoms with Crippen LogP contribution in [0.15, 0.2) is 60.1 Å². The van der Waals surface area contributed by atoms with Crippen LogP contribution in [0.25, 0.3) is 5.65 Å². The Labute approximate surface area is 223 Å². The standard InChI is InChI=1S/C29H35FN2O3SSi/c1-20-27(32-15-10-13-25(28(32)31-20)34-19-26-23(30)14-16-36-26)24(33)17-22(21-11-8-7-9-12-21)18-35-37(5,6)29(2,3)4/h7-16,22H,17-19H2,1-6H3/t22-/m0/s1. The van der Waals surface area contributed by atoms with E-state index in [1.807, 2.05) is 37.4 Å². The van der Waals surface area contributed by atoms with Gasteiger partial charge in [-0.1, -0.05) is 51.1 Å². The number of fused-ring (bicyclic) bond motifs is 1. The Morgan fingerprint density at radius 3 is 2.51 bits per heavy atom. The molecule has 0 radical (unpaired) electrons. The number of thiophene rings is 1. The van der Waals surface area contributed by atoms with Crippen LogP contribution in [0.2, 0.25) is 18.1 Å². The number of carbonyl (C=O) groups is 1. The molecule has 0 spiro atoms. The number of ether oxygens (including phenoxy) is 1. The molecule has 0 aliphatic heterocycles. The van der Waals surface area contributed by atoms with Gasteiger partial charge in [-0.05, 0) is 54.2 Å². The third-order valence-corrected chi connectivity index (χ3v) is 12.6. The van der Waals surface area contributed by atoms with Gasteiger partial charge >= 0.3 is 0 Å². The fraction of sp³-hybridized carbons (Fsp3) is 0.379. The van der Waals surface area contributed by atoms with Gasteiger partial charge in [-0.2, -0.15) is 0 Å². The molecule has 37 heavy (non-hydrogen) atoms. The van der Waals surface area contributed by atoms with E-state index in [4.69, 9.17) is 9.16 Å². The van der Waals surface area contributed by atoms with Gasteiger partial charge in [0.1, 0.15) is 18.1 Å². The molecule has 8 heteroatoms. The fourth-order valence-electron chi connectivity index (χ4n) is 4.02. The number of aromatic nitrogens is 2. The highest BCUT2D eigenvalue weighted by atomic mass is 32.1. The second-order valence-electron chi connectivity index (χ2n) is 10.9. The van der Waals surface area contributed by atoms with Crippen molar-refractivity contribution in [3.05, 3.63) is 87.8 Å². The van der Waals surface area contributed by atoms with E-state index in [0.29, 0.717) is 40.7 Å². The largest absolute Gasteiger partial charge is 0.484 e. The predicted molar refractivity (Wildman–Crippen MR) is 150 cm³/mol. The number of ketones is 1. The first-order chi connectivity index (χ1) is 17.5. The number of carbonyl (C=O) groups excluding carboxylic acids is 1. The lowest BCUT2D eigenvalue weighted by molar-refractivity contribution is 0.0955. The number of hydrogen-bond acceptors (Lipinski definition) is 5. The van der Waals surface area contributed by atoms with Gasteiger partial charge in [0.05, 0.1) is 10.6 Å². The molecule has 1 atom stereocenters. The van der Waals surface area contributed by atoms with Crippen LogP contribution >= 0.6 is 11.3 Å². The molecule has 0 saturated carbocycles. The zero-order valence-electron chi connectivity index (χ0n) is 22.4. The van der Waals surface area contributed by atoms with Crippen molar-refractivity contribution in [2.45, 2.75) is 64.8 Å². The average molecular weight is 539 g/mol. The lowest BCUT2D eigenvalue weighted by Gasteiger charge is -2.37. The Kier molecular flexibility index (Phi) is 8.01. The maximum atomic E-state index is 13.9. The van der Waals surface area contributed by atoms with Crippen molar-refractivity contribution in [1.29, 1.82) is 0 Å². The number of nitrogens with zero attached hydrogens (tertiary/aromatic N) is 2. The fourth-order valence-corrected chi connectivity index (χ4v) is 5.73. The molecule has 1 aromatic carbocycles. The molecule has 0 aliphatic carbocycles. The minimum absolute atomic E-state index is 0.000800. The maximum Gasteiger partial charge on any atom is 0.192 e. The number of hydrogen-bond donors (Lipinski definition) is 0. The summed E-state index contributed by atoms with van der Waals surface area (Å²) in [4.78, 5) is 18.9. The van der Waals surface area contributed by atoms with Gasteiger partial charge in [0.2, 0.25) is 0 Å². The minimum Gasteiger partial charge on any atom is -0.484 e. The number of pyridine rings is 1. The number of halogens is 1. The summed E-state index contributed by atoms with van der Waals surface area (Å²) in [5.41, 5.74) is 2.81. The molecule has 0 aliphatic rings. The van der Waals surface area contributed by atoms with Crippen molar-refractivity contribution < 1.29 is 18.3 Å². The molecule has 0 N–H and O–H groups in total. The monoisotopic (exact) mass is 538 g/mol.